The van der Waals surface area contributed by atoms with Crippen LogP contribution in [0.5, 0.6) is 5.75 Å². The third kappa shape index (κ3) is 4.78. The van der Waals surface area contributed by atoms with Crippen LogP contribution < -0.4 is 15.7 Å². The number of amides is 1. The van der Waals surface area contributed by atoms with Gasteiger partial charge >= 0.3 is 11.6 Å². The fourth-order valence-electron chi connectivity index (χ4n) is 3.76. The van der Waals surface area contributed by atoms with Crippen molar-refractivity contribution in [3.8, 4) is 5.75 Å². The molecule has 1 aromatic carbocycles. The fraction of sp³-hybridized carbons (Fsp3) is 0.500. The van der Waals surface area contributed by atoms with Crippen LogP contribution in [0.25, 0.3) is 11.0 Å². The van der Waals surface area contributed by atoms with Crippen molar-refractivity contribution in [1.29, 1.82) is 0 Å². The van der Waals surface area contributed by atoms with Gasteiger partial charge in [0.05, 0.1) is 5.92 Å². The maximum atomic E-state index is 12.4. The van der Waals surface area contributed by atoms with E-state index in [4.69, 9.17) is 14.3 Å². The molecule has 1 amide bonds. The number of rotatable bonds is 6. The number of aryl methyl sites for hydroxylation is 1. The van der Waals surface area contributed by atoms with Crippen LogP contribution in [0.3, 0.4) is 0 Å². The molecule has 1 saturated carbocycles. The predicted molar refractivity (Wildman–Crippen MR) is 108 cm³/mol. The number of nitrogens with one attached hydrogen (secondary N) is 1. The van der Waals surface area contributed by atoms with Crippen molar-refractivity contribution < 1.29 is 23.8 Å². The highest BCUT2D eigenvalue weighted by atomic mass is 16.5. The number of hydrogen-bond acceptors (Lipinski definition) is 5. The summed E-state index contributed by atoms with van der Waals surface area (Å²) in [5.41, 5.74) is 1.50. The molecule has 1 aromatic heterocycles. The standard InChI is InChI=1S/C22H27NO6/c1-12-13(2)22(27)29-19-10-17(8-9-18(12)19)28-14(3)20(24)23-11-15-4-6-16(7-5-15)21(25)26/h8-10,14-16H,4-7,11H2,1-3H3,(H,23,24)(H,25,26)/t14-,15?,16?/m0/s1. The molecule has 7 nitrogen and oxygen atoms in total. The number of ether oxygens (including phenoxy) is 1. The molecule has 1 fully saturated rings. The number of hydrogen-bond donors (Lipinski definition) is 2. The van der Waals surface area contributed by atoms with Crippen LogP contribution in [-0.2, 0) is 9.59 Å². The molecule has 0 unspecified atom stereocenters. The minimum Gasteiger partial charge on any atom is -0.481 e. The second kappa shape index (κ2) is 8.68. The van der Waals surface area contributed by atoms with Crippen molar-refractivity contribution in [3.05, 3.63) is 39.7 Å². The first-order chi connectivity index (χ1) is 13.8. The predicted octanol–water partition coefficient (Wildman–Crippen LogP) is 3.18. The SMILES string of the molecule is Cc1c(C)c2ccc(O[C@@H](C)C(=O)NCC3CCC(C(=O)O)CC3)cc2oc1=O. The van der Waals surface area contributed by atoms with Crippen molar-refractivity contribution in [2.75, 3.05) is 6.54 Å². The Morgan fingerprint density at radius 3 is 2.55 bits per heavy atom. The summed E-state index contributed by atoms with van der Waals surface area (Å²) in [6.45, 7) is 5.78. The van der Waals surface area contributed by atoms with Crippen LogP contribution in [0.15, 0.2) is 27.4 Å². The van der Waals surface area contributed by atoms with Crippen LogP contribution in [0.4, 0.5) is 0 Å². The van der Waals surface area contributed by atoms with E-state index in [1.165, 1.54) is 0 Å². The van der Waals surface area contributed by atoms with Crippen LogP contribution >= 0.6 is 0 Å². The van der Waals surface area contributed by atoms with E-state index >= 15 is 0 Å². The van der Waals surface area contributed by atoms with Crippen LogP contribution in [0.1, 0.15) is 43.7 Å². The molecule has 0 saturated heterocycles. The molecule has 2 N–H and O–H groups in total. The van der Waals surface area contributed by atoms with E-state index in [2.05, 4.69) is 5.32 Å². The molecular formula is C22H27NO6. The van der Waals surface area contributed by atoms with Gasteiger partial charge in [-0.1, -0.05) is 0 Å². The van der Waals surface area contributed by atoms with E-state index in [0.717, 1.165) is 23.8 Å². The summed E-state index contributed by atoms with van der Waals surface area (Å²) in [5, 5.41) is 12.8. The maximum absolute atomic E-state index is 12.4. The molecule has 1 heterocycles. The molecule has 1 aliphatic carbocycles. The van der Waals surface area contributed by atoms with E-state index in [1.807, 2.05) is 13.0 Å². The summed E-state index contributed by atoms with van der Waals surface area (Å²) in [5.74, 6) is -0.473. The maximum Gasteiger partial charge on any atom is 0.339 e. The van der Waals surface area contributed by atoms with Gasteiger partial charge in [0.1, 0.15) is 11.3 Å². The summed E-state index contributed by atoms with van der Waals surface area (Å²) in [6.07, 6.45) is 2.21. The van der Waals surface area contributed by atoms with Crippen molar-refractivity contribution in [2.45, 2.75) is 52.6 Å². The zero-order chi connectivity index (χ0) is 21.1. The second-order valence-electron chi connectivity index (χ2n) is 7.86. The average Bonchev–Trinajstić information content (AvgIpc) is 2.70. The quantitative estimate of drug-likeness (QED) is 0.720. The smallest absolute Gasteiger partial charge is 0.339 e. The first-order valence-corrected chi connectivity index (χ1v) is 9.97. The van der Waals surface area contributed by atoms with Gasteiger partial charge in [0.25, 0.3) is 5.91 Å². The van der Waals surface area contributed by atoms with Crippen LogP contribution in [0, 0.1) is 25.7 Å². The first-order valence-electron chi connectivity index (χ1n) is 9.97. The number of carbonyl (C=O) groups is 2. The molecule has 29 heavy (non-hydrogen) atoms. The lowest BCUT2D eigenvalue weighted by Crippen LogP contribution is -2.39. The molecule has 1 aliphatic rings. The summed E-state index contributed by atoms with van der Waals surface area (Å²) >= 11 is 0. The Morgan fingerprint density at radius 2 is 1.90 bits per heavy atom. The van der Waals surface area contributed by atoms with E-state index in [-0.39, 0.29) is 17.5 Å². The molecule has 0 aliphatic heterocycles. The summed E-state index contributed by atoms with van der Waals surface area (Å²) in [6, 6.07) is 5.20. The number of fused-ring (bicyclic) bond motifs is 1. The van der Waals surface area contributed by atoms with Crippen LogP contribution in [-0.4, -0.2) is 29.6 Å². The van der Waals surface area contributed by atoms with Crippen molar-refractivity contribution >= 4 is 22.8 Å². The van der Waals surface area contributed by atoms with Crippen molar-refractivity contribution in [3.63, 3.8) is 0 Å². The molecule has 2 aromatic rings. The number of benzene rings is 1. The van der Waals surface area contributed by atoms with Crippen LogP contribution in [0.2, 0.25) is 0 Å². The molecule has 0 radical (unpaired) electrons. The minimum absolute atomic E-state index is 0.230. The Kier molecular flexibility index (Phi) is 6.25. The molecule has 156 valence electrons. The lowest BCUT2D eigenvalue weighted by atomic mass is 9.82. The Hall–Kier alpha value is -2.83. The zero-order valence-corrected chi connectivity index (χ0v) is 17.0. The normalized spacial score (nSPS) is 20.2. The Bertz CT molecular complexity index is 971. The van der Waals surface area contributed by atoms with E-state index in [0.29, 0.717) is 42.2 Å². The highest BCUT2D eigenvalue weighted by molar-refractivity contribution is 5.83. The first kappa shape index (κ1) is 20.9. The molecule has 3 rings (SSSR count). The Labute approximate surface area is 169 Å². The van der Waals surface area contributed by atoms with Gasteiger partial charge in [-0.05, 0) is 70.1 Å². The number of carbonyl (C=O) groups excluding carboxylic acids is 1. The van der Waals surface area contributed by atoms with Gasteiger partial charge in [-0.2, -0.15) is 0 Å². The third-order valence-corrected chi connectivity index (χ3v) is 5.87. The summed E-state index contributed by atoms with van der Waals surface area (Å²) in [4.78, 5) is 35.3. The molecule has 0 bridgehead atoms. The lowest BCUT2D eigenvalue weighted by molar-refractivity contribution is -0.143. The van der Waals surface area contributed by atoms with E-state index in [9.17, 15) is 14.4 Å². The molecule has 1 atom stereocenters. The number of carboxylic acids is 1. The summed E-state index contributed by atoms with van der Waals surface area (Å²) < 4.78 is 11.1. The largest absolute Gasteiger partial charge is 0.481 e. The topological polar surface area (TPSA) is 106 Å². The highest BCUT2D eigenvalue weighted by Gasteiger charge is 2.26. The molecular weight excluding hydrogens is 374 g/mol. The Morgan fingerprint density at radius 1 is 1.21 bits per heavy atom. The van der Waals surface area contributed by atoms with E-state index < -0.39 is 12.1 Å². The van der Waals surface area contributed by atoms with E-state index in [1.54, 1.807) is 26.0 Å². The lowest BCUT2D eigenvalue weighted by Gasteiger charge is -2.26. The summed E-state index contributed by atoms with van der Waals surface area (Å²) in [7, 11) is 0. The number of aliphatic carboxylic acids is 1. The van der Waals surface area contributed by atoms with Crippen molar-refractivity contribution in [1.82, 2.24) is 5.32 Å². The van der Waals surface area contributed by atoms with Gasteiger partial charge in [-0.15, -0.1) is 0 Å². The fourth-order valence-corrected chi connectivity index (χ4v) is 3.76. The number of carboxylic acid groups (broad SMARTS) is 1. The molecule has 7 heteroatoms. The third-order valence-electron chi connectivity index (χ3n) is 5.87. The van der Waals surface area contributed by atoms with Crippen molar-refractivity contribution in [2.24, 2.45) is 11.8 Å². The minimum atomic E-state index is -0.730. The highest BCUT2D eigenvalue weighted by Crippen LogP contribution is 2.28. The van der Waals surface area contributed by atoms with Gasteiger partial charge < -0.3 is 19.6 Å². The van der Waals surface area contributed by atoms with Gasteiger partial charge in [0.15, 0.2) is 6.10 Å². The van der Waals surface area contributed by atoms with Gasteiger partial charge in [-0.3, -0.25) is 9.59 Å². The van der Waals surface area contributed by atoms with Gasteiger partial charge in [0, 0.05) is 23.6 Å². The Balaban J connectivity index is 1.56. The average molecular weight is 401 g/mol. The monoisotopic (exact) mass is 401 g/mol. The second-order valence-corrected chi connectivity index (χ2v) is 7.86. The van der Waals surface area contributed by atoms with Gasteiger partial charge in [0.2, 0.25) is 0 Å². The zero-order valence-electron chi connectivity index (χ0n) is 17.0. The van der Waals surface area contributed by atoms with Gasteiger partial charge in [-0.25, -0.2) is 4.79 Å². The molecule has 0 spiro atoms.